The predicted octanol–water partition coefficient (Wildman–Crippen LogP) is 3.24. The highest BCUT2D eigenvalue weighted by Crippen LogP contribution is 2.32. The van der Waals surface area contributed by atoms with Crippen molar-refractivity contribution in [1.29, 1.82) is 0 Å². The zero-order chi connectivity index (χ0) is 14.1. The maximum Gasteiger partial charge on any atom is 0.325 e. The smallest absolute Gasteiger partial charge is 0.325 e. The van der Waals surface area contributed by atoms with Crippen molar-refractivity contribution in [2.75, 3.05) is 6.54 Å². The lowest BCUT2D eigenvalue weighted by molar-refractivity contribution is -0.144. The SMILES string of the molecule is Cc1ccsc1CN1CCc2ccccc2C1C(=O)O. The van der Waals surface area contributed by atoms with Crippen molar-refractivity contribution in [3.63, 3.8) is 0 Å². The van der Waals surface area contributed by atoms with Crippen LogP contribution < -0.4 is 0 Å². The first-order valence-electron chi connectivity index (χ1n) is 6.74. The topological polar surface area (TPSA) is 40.5 Å². The molecule has 0 saturated heterocycles. The van der Waals surface area contributed by atoms with Crippen LogP contribution in [-0.2, 0) is 17.8 Å². The maximum absolute atomic E-state index is 11.7. The minimum atomic E-state index is -0.758. The number of carbonyl (C=O) groups is 1. The normalized spacial score (nSPS) is 18.8. The van der Waals surface area contributed by atoms with Gasteiger partial charge >= 0.3 is 5.97 Å². The van der Waals surface area contributed by atoms with Crippen molar-refractivity contribution in [2.45, 2.75) is 25.9 Å². The van der Waals surface area contributed by atoms with Crippen LogP contribution in [0.3, 0.4) is 0 Å². The van der Waals surface area contributed by atoms with E-state index in [1.165, 1.54) is 16.0 Å². The van der Waals surface area contributed by atoms with Crippen molar-refractivity contribution in [3.05, 3.63) is 57.3 Å². The minimum absolute atomic E-state index is 0.526. The Labute approximate surface area is 122 Å². The zero-order valence-corrected chi connectivity index (χ0v) is 12.2. The van der Waals surface area contributed by atoms with Gasteiger partial charge in [-0.15, -0.1) is 11.3 Å². The van der Waals surface area contributed by atoms with Gasteiger partial charge in [0.25, 0.3) is 0 Å². The summed E-state index contributed by atoms with van der Waals surface area (Å²) in [4.78, 5) is 15.0. The van der Waals surface area contributed by atoms with Crippen molar-refractivity contribution < 1.29 is 9.90 Å². The summed E-state index contributed by atoms with van der Waals surface area (Å²) in [5, 5.41) is 11.7. The molecule has 3 nitrogen and oxygen atoms in total. The molecule has 3 rings (SSSR count). The Bertz CT molecular complexity index is 635. The number of fused-ring (bicyclic) bond motifs is 1. The molecule has 1 N–H and O–H groups in total. The average molecular weight is 287 g/mol. The number of aryl methyl sites for hydroxylation is 1. The van der Waals surface area contributed by atoms with Crippen LogP contribution in [0, 0.1) is 6.92 Å². The summed E-state index contributed by atoms with van der Waals surface area (Å²) in [6.45, 7) is 3.60. The fraction of sp³-hybridized carbons (Fsp3) is 0.312. The molecule has 4 heteroatoms. The highest BCUT2D eigenvalue weighted by atomic mass is 32.1. The van der Waals surface area contributed by atoms with Gasteiger partial charge in [0.1, 0.15) is 6.04 Å². The van der Waals surface area contributed by atoms with E-state index in [1.807, 2.05) is 24.3 Å². The van der Waals surface area contributed by atoms with Gasteiger partial charge in [-0.2, -0.15) is 0 Å². The van der Waals surface area contributed by atoms with Crippen molar-refractivity contribution in [1.82, 2.24) is 4.90 Å². The molecule has 1 atom stereocenters. The molecule has 104 valence electrons. The third-order valence-corrected chi connectivity index (χ3v) is 4.94. The number of hydrogen-bond donors (Lipinski definition) is 1. The van der Waals surface area contributed by atoms with E-state index >= 15 is 0 Å². The molecule has 0 spiro atoms. The molecular weight excluding hydrogens is 270 g/mol. The molecule has 1 aliphatic heterocycles. The van der Waals surface area contributed by atoms with Gasteiger partial charge in [0.2, 0.25) is 0 Å². The van der Waals surface area contributed by atoms with Crippen LogP contribution in [0.5, 0.6) is 0 Å². The summed E-state index contributed by atoms with van der Waals surface area (Å²) in [6, 6.07) is 9.46. The molecular formula is C16H17NO2S. The fourth-order valence-electron chi connectivity index (χ4n) is 2.83. The van der Waals surface area contributed by atoms with E-state index < -0.39 is 12.0 Å². The number of aliphatic carboxylic acids is 1. The quantitative estimate of drug-likeness (QED) is 0.942. The standard InChI is InChI=1S/C16H17NO2S/c1-11-7-9-20-14(11)10-17-8-6-12-4-2-3-5-13(12)15(17)16(18)19/h2-5,7,9,15H,6,8,10H2,1H3,(H,18,19). The van der Waals surface area contributed by atoms with Crippen molar-refractivity contribution >= 4 is 17.3 Å². The summed E-state index contributed by atoms with van der Waals surface area (Å²) in [5.41, 5.74) is 3.36. The minimum Gasteiger partial charge on any atom is -0.480 e. The van der Waals surface area contributed by atoms with Gasteiger partial charge in [0, 0.05) is 18.0 Å². The van der Waals surface area contributed by atoms with Gasteiger partial charge in [0.05, 0.1) is 0 Å². The van der Waals surface area contributed by atoms with E-state index in [-0.39, 0.29) is 0 Å². The van der Waals surface area contributed by atoms with Gasteiger partial charge in [-0.1, -0.05) is 24.3 Å². The monoisotopic (exact) mass is 287 g/mol. The Morgan fingerprint density at radius 1 is 1.40 bits per heavy atom. The van der Waals surface area contributed by atoms with Crippen LogP contribution in [0.4, 0.5) is 0 Å². The lowest BCUT2D eigenvalue weighted by atomic mass is 9.92. The van der Waals surface area contributed by atoms with E-state index in [1.54, 1.807) is 11.3 Å². The molecule has 1 unspecified atom stereocenters. The second-order valence-electron chi connectivity index (χ2n) is 5.19. The maximum atomic E-state index is 11.7. The largest absolute Gasteiger partial charge is 0.480 e. The summed E-state index contributed by atoms with van der Waals surface area (Å²) < 4.78 is 0. The highest BCUT2D eigenvalue weighted by Gasteiger charge is 2.32. The first-order chi connectivity index (χ1) is 9.66. The Kier molecular flexibility index (Phi) is 3.59. The van der Waals surface area contributed by atoms with Gasteiger partial charge in [-0.3, -0.25) is 9.69 Å². The molecule has 0 aliphatic carbocycles. The van der Waals surface area contributed by atoms with Crippen LogP contribution in [0.2, 0.25) is 0 Å². The Morgan fingerprint density at radius 2 is 2.20 bits per heavy atom. The number of hydrogen-bond acceptors (Lipinski definition) is 3. The van der Waals surface area contributed by atoms with E-state index in [9.17, 15) is 9.90 Å². The van der Waals surface area contributed by atoms with Crippen molar-refractivity contribution in [2.24, 2.45) is 0 Å². The number of carboxylic acid groups (broad SMARTS) is 1. The summed E-state index contributed by atoms with van der Waals surface area (Å²) in [7, 11) is 0. The third-order valence-electron chi connectivity index (χ3n) is 3.93. The first-order valence-corrected chi connectivity index (χ1v) is 7.62. The highest BCUT2D eigenvalue weighted by molar-refractivity contribution is 7.10. The van der Waals surface area contributed by atoms with Crippen LogP contribution in [0.25, 0.3) is 0 Å². The number of rotatable bonds is 3. The van der Waals surface area contributed by atoms with Crippen LogP contribution >= 0.6 is 11.3 Å². The van der Waals surface area contributed by atoms with Crippen molar-refractivity contribution in [3.8, 4) is 0 Å². The van der Waals surface area contributed by atoms with Crippen LogP contribution in [0.15, 0.2) is 35.7 Å². The first kappa shape index (κ1) is 13.3. The van der Waals surface area contributed by atoms with E-state index in [4.69, 9.17) is 0 Å². The second kappa shape index (κ2) is 5.38. The second-order valence-corrected chi connectivity index (χ2v) is 6.19. The molecule has 0 saturated carbocycles. The van der Waals surface area contributed by atoms with E-state index in [0.717, 1.165) is 25.1 Å². The number of thiophene rings is 1. The van der Waals surface area contributed by atoms with Gasteiger partial charge in [0.15, 0.2) is 0 Å². The lowest BCUT2D eigenvalue weighted by Crippen LogP contribution is -2.39. The van der Waals surface area contributed by atoms with Gasteiger partial charge < -0.3 is 5.11 Å². The van der Waals surface area contributed by atoms with Crippen LogP contribution in [-0.4, -0.2) is 22.5 Å². The molecule has 0 radical (unpaired) electrons. The summed E-state index contributed by atoms with van der Waals surface area (Å²) in [5.74, 6) is -0.758. The fourth-order valence-corrected chi connectivity index (χ4v) is 3.76. The molecule has 1 aromatic heterocycles. The van der Waals surface area contributed by atoms with Gasteiger partial charge in [-0.05, 0) is 41.5 Å². The van der Waals surface area contributed by atoms with E-state index in [2.05, 4.69) is 23.3 Å². The number of nitrogens with zero attached hydrogens (tertiary/aromatic N) is 1. The molecule has 2 heterocycles. The van der Waals surface area contributed by atoms with Gasteiger partial charge in [-0.25, -0.2) is 0 Å². The van der Waals surface area contributed by atoms with Crippen LogP contribution in [0.1, 0.15) is 27.6 Å². The molecule has 2 aromatic rings. The molecule has 0 bridgehead atoms. The summed E-state index contributed by atoms with van der Waals surface area (Å²) in [6.07, 6.45) is 0.921. The molecule has 0 fully saturated rings. The Balaban J connectivity index is 1.92. The van der Waals surface area contributed by atoms with E-state index in [0.29, 0.717) is 0 Å². The predicted molar refractivity (Wildman–Crippen MR) is 80.0 cm³/mol. The summed E-state index contributed by atoms with van der Waals surface area (Å²) >= 11 is 1.70. The lowest BCUT2D eigenvalue weighted by Gasteiger charge is -2.34. The average Bonchev–Trinajstić information content (AvgIpc) is 2.83. The molecule has 1 aliphatic rings. The third kappa shape index (κ3) is 2.37. The zero-order valence-electron chi connectivity index (χ0n) is 11.4. The number of benzene rings is 1. The Morgan fingerprint density at radius 3 is 2.90 bits per heavy atom. The number of carboxylic acids is 1. The molecule has 20 heavy (non-hydrogen) atoms. The molecule has 0 amide bonds. The Hall–Kier alpha value is -1.65. The molecule has 1 aromatic carbocycles.